The van der Waals surface area contributed by atoms with Crippen LogP contribution >= 0.6 is 0 Å². The molecule has 2 atom stereocenters. The van der Waals surface area contributed by atoms with E-state index in [-0.39, 0.29) is 23.8 Å². The smallest absolute Gasteiger partial charge is 0.326 e. The molecule has 2 N–H and O–H groups in total. The lowest BCUT2D eigenvalue weighted by atomic mass is 9.93. The van der Waals surface area contributed by atoms with E-state index in [1.807, 2.05) is 0 Å². The molecule has 0 radical (unpaired) electrons. The van der Waals surface area contributed by atoms with Crippen LogP contribution in [0.4, 0.5) is 8.78 Å². The zero-order chi connectivity index (χ0) is 20.1. The van der Waals surface area contributed by atoms with E-state index >= 15 is 0 Å². The summed E-state index contributed by atoms with van der Waals surface area (Å²) in [7, 11) is 0. The van der Waals surface area contributed by atoms with Crippen molar-refractivity contribution in [3.63, 3.8) is 0 Å². The number of carboxylic acids is 1. The predicted molar refractivity (Wildman–Crippen MR) is 95.3 cm³/mol. The van der Waals surface area contributed by atoms with E-state index < -0.39 is 29.6 Å². The topological polar surface area (TPSA) is 84.9 Å². The molecule has 1 aliphatic heterocycles. The van der Waals surface area contributed by atoms with Crippen LogP contribution < -0.4 is 10.1 Å². The van der Waals surface area contributed by atoms with E-state index in [1.165, 1.54) is 30.3 Å². The third-order valence-electron chi connectivity index (χ3n) is 4.46. The average molecular weight is 391 g/mol. The quantitative estimate of drug-likeness (QED) is 0.789. The minimum atomic E-state index is -1.11. The van der Waals surface area contributed by atoms with E-state index in [4.69, 9.17) is 9.47 Å². The molecule has 1 saturated heterocycles. The first-order valence-corrected chi connectivity index (χ1v) is 8.78. The van der Waals surface area contributed by atoms with E-state index in [0.717, 1.165) is 18.6 Å². The van der Waals surface area contributed by atoms with Gasteiger partial charge in [-0.1, -0.05) is 0 Å². The van der Waals surface area contributed by atoms with Gasteiger partial charge in [0.05, 0.1) is 6.61 Å². The Kier molecular flexibility index (Phi) is 6.20. The van der Waals surface area contributed by atoms with Gasteiger partial charge in [0.25, 0.3) is 5.91 Å². The summed E-state index contributed by atoms with van der Waals surface area (Å²) in [4.78, 5) is 23.9. The van der Waals surface area contributed by atoms with Crippen molar-refractivity contribution in [1.82, 2.24) is 5.32 Å². The monoisotopic (exact) mass is 391 g/mol. The molecule has 0 spiro atoms. The Morgan fingerprint density at radius 3 is 2.43 bits per heavy atom. The molecule has 0 bridgehead atoms. The molecule has 0 aromatic heterocycles. The molecule has 0 saturated carbocycles. The molecule has 6 nitrogen and oxygen atoms in total. The molecule has 1 amide bonds. The first-order chi connectivity index (χ1) is 13.4. The summed E-state index contributed by atoms with van der Waals surface area (Å²) in [5, 5.41) is 12.0. The summed E-state index contributed by atoms with van der Waals surface area (Å²) < 4.78 is 36.9. The number of carboxylic acid groups (broad SMARTS) is 1. The lowest BCUT2D eigenvalue weighted by Crippen LogP contribution is -2.48. The van der Waals surface area contributed by atoms with E-state index in [0.29, 0.717) is 18.8 Å². The summed E-state index contributed by atoms with van der Waals surface area (Å²) >= 11 is 0. The highest BCUT2D eigenvalue weighted by atomic mass is 19.2. The van der Waals surface area contributed by atoms with Gasteiger partial charge < -0.3 is 19.9 Å². The second-order valence-corrected chi connectivity index (χ2v) is 6.47. The van der Waals surface area contributed by atoms with Gasteiger partial charge in [0, 0.05) is 24.2 Å². The lowest BCUT2D eigenvalue weighted by Gasteiger charge is -2.28. The molecule has 1 heterocycles. The van der Waals surface area contributed by atoms with E-state index in [1.54, 1.807) is 0 Å². The fourth-order valence-corrected chi connectivity index (χ4v) is 2.99. The number of nitrogens with one attached hydrogen (secondary N) is 1. The first kappa shape index (κ1) is 19.8. The van der Waals surface area contributed by atoms with Crippen LogP contribution in [-0.4, -0.2) is 36.2 Å². The lowest BCUT2D eigenvalue weighted by molar-refractivity contribution is -0.142. The number of hydrogen-bond acceptors (Lipinski definition) is 4. The number of ether oxygens (including phenoxy) is 2. The van der Waals surface area contributed by atoms with Gasteiger partial charge >= 0.3 is 5.97 Å². The van der Waals surface area contributed by atoms with Crippen LogP contribution in [0, 0.1) is 17.6 Å². The maximum atomic E-state index is 13.2. The van der Waals surface area contributed by atoms with Crippen molar-refractivity contribution in [2.75, 3.05) is 13.2 Å². The van der Waals surface area contributed by atoms with Crippen molar-refractivity contribution < 1.29 is 33.0 Å². The zero-order valence-electron chi connectivity index (χ0n) is 14.9. The second kappa shape index (κ2) is 8.79. The molecule has 0 aliphatic carbocycles. The highest BCUT2D eigenvalue weighted by molar-refractivity contribution is 5.96. The number of aliphatic carboxylic acids is 1. The van der Waals surface area contributed by atoms with Gasteiger partial charge in [-0.3, -0.25) is 4.79 Å². The van der Waals surface area contributed by atoms with Crippen molar-refractivity contribution in [2.24, 2.45) is 5.92 Å². The fourth-order valence-electron chi connectivity index (χ4n) is 2.99. The molecule has 2 aromatic rings. The number of halogens is 2. The molecule has 2 unspecified atom stereocenters. The van der Waals surface area contributed by atoms with Crippen molar-refractivity contribution in [2.45, 2.75) is 18.9 Å². The van der Waals surface area contributed by atoms with Crippen LogP contribution in [0.3, 0.4) is 0 Å². The summed E-state index contributed by atoms with van der Waals surface area (Å²) in [6.45, 7) is 0.883. The Labute approximate surface area is 160 Å². The largest absolute Gasteiger partial charge is 0.480 e. The minimum absolute atomic E-state index is 0.111. The third-order valence-corrected chi connectivity index (χ3v) is 4.46. The predicted octanol–water partition coefficient (Wildman–Crippen LogP) is 3.37. The van der Waals surface area contributed by atoms with Gasteiger partial charge in [0.2, 0.25) is 0 Å². The summed E-state index contributed by atoms with van der Waals surface area (Å²) in [5.74, 6) is -3.50. The maximum Gasteiger partial charge on any atom is 0.326 e. The molecule has 1 aliphatic rings. The first-order valence-electron chi connectivity index (χ1n) is 8.78. The Hall–Kier alpha value is -3.00. The molecule has 28 heavy (non-hydrogen) atoms. The molecular formula is C20H19F2NO5. The molecule has 1 fully saturated rings. The van der Waals surface area contributed by atoms with Crippen molar-refractivity contribution in [3.8, 4) is 11.5 Å². The highest BCUT2D eigenvalue weighted by Gasteiger charge is 2.31. The van der Waals surface area contributed by atoms with E-state index in [9.17, 15) is 23.5 Å². The van der Waals surface area contributed by atoms with Crippen LogP contribution in [0.1, 0.15) is 23.2 Å². The number of hydrogen-bond donors (Lipinski definition) is 2. The Balaban J connectivity index is 1.65. The second-order valence-electron chi connectivity index (χ2n) is 6.47. The minimum Gasteiger partial charge on any atom is -0.480 e. The number of carbonyl (C=O) groups is 2. The van der Waals surface area contributed by atoms with Gasteiger partial charge in [0.15, 0.2) is 11.6 Å². The van der Waals surface area contributed by atoms with Gasteiger partial charge in [-0.15, -0.1) is 0 Å². The summed E-state index contributed by atoms with van der Waals surface area (Å²) in [5.41, 5.74) is 0.251. The number of rotatable bonds is 6. The molecule has 2 aromatic carbocycles. The van der Waals surface area contributed by atoms with Crippen molar-refractivity contribution in [3.05, 3.63) is 59.7 Å². The fraction of sp³-hybridized carbons (Fsp3) is 0.300. The van der Waals surface area contributed by atoms with Crippen LogP contribution in [-0.2, 0) is 9.53 Å². The number of carbonyl (C=O) groups excluding carboxylic acids is 1. The SMILES string of the molecule is O=C(NC(C(=O)O)C1CCCOC1)c1ccc(Oc2ccc(F)c(F)c2)cc1. The molecular weight excluding hydrogens is 372 g/mol. The molecule has 148 valence electrons. The number of benzene rings is 2. The molecule has 3 rings (SSSR count). The normalized spacial score (nSPS) is 17.6. The molecule has 8 heteroatoms. The Bertz CT molecular complexity index is 850. The summed E-state index contributed by atoms with van der Waals surface area (Å²) in [6.07, 6.45) is 1.42. The van der Waals surface area contributed by atoms with Gasteiger partial charge in [-0.25, -0.2) is 13.6 Å². The highest BCUT2D eigenvalue weighted by Crippen LogP contribution is 2.24. The van der Waals surface area contributed by atoms with Crippen LogP contribution in [0.2, 0.25) is 0 Å². The Morgan fingerprint density at radius 1 is 1.11 bits per heavy atom. The number of amides is 1. The van der Waals surface area contributed by atoms with Crippen LogP contribution in [0.25, 0.3) is 0 Å². The zero-order valence-corrected chi connectivity index (χ0v) is 14.9. The van der Waals surface area contributed by atoms with Crippen LogP contribution in [0.5, 0.6) is 11.5 Å². The average Bonchev–Trinajstić information content (AvgIpc) is 2.70. The van der Waals surface area contributed by atoms with Gasteiger partial charge in [-0.05, 0) is 49.2 Å². The summed E-state index contributed by atoms with van der Waals surface area (Å²) in [6, 6.07) is 7.99. The van der Waals surface area contributed by atoms with E-state index in [2.05, 4.69) is 5.32 Å². The van der Waals surface area contributed by atoms with Gasteiger partial charge in [0.1, 0.15) is 17.5 Å². The van der Waals surface area contributed by atoms with Gasteiger partial charge in [-0.2, -0.15) is 0 Å². The Morgan fingerprint density at radius 2 is 1.82 bits per heavy atom. The van der Waals surface area contributed by atoms with Crippen LogP contribution in [0.15, 0.2) is 42.5 Å². The third kappa shape index (κ3) is 4.83. The van der Waals surface area contributed by atoms with Crippen molar-refractivity contribution >= 4 is 11.9 Å². The maximum absolute atomic E-state index is 13.2. The standard InChI is InChI=1S/C20H19F2NO5/c21-16-8-7-15(10-17(16)22)28-14-5-3-12(4-6-14)19(24)23-18(20(25)26)13-2-1-9-27-11-13/h3-8,10,13,18H,1-2,9,11H2,(H,23,24)(H,25,26). The van der Waals surface area contributed by atoms with Crippen molar-refractivity contribution in [1.29, 1.82) is 0 Å².